The van der Waals surface area contributed by atoms with Gasteiger partial charge >= 0.3 is 5.97 Å². The Balaban J connectivity index is 1.67. The molecule has 8 heteroatoms. The zero-order valence-electron chi connectivity index (χ0n) is 16.5. The van der Waals surface area contributed by atoms with Crippen molar-refractivity contribution in [2.45, 2.75) is 44.5 Å². The Morgan fingerprint density at radius 3 is 3.00 bits per heavy atom. The summed E-state index contributed by atoms with van der Waals surface area (Å²) in [7, 11) is 0. The van der Waals surface area contributed by atoms with Crippen molar-refractivity contribution >= 4 is 23.3 Å². The highest BCUT2D eigenvalue weighted by atomic mass is 32.1. The lowest BCUT2D eigenvalue weighted by molar-refractivity contribution is -0.143. The average molecular weight is 415 g/mol. The lowest BCUT2D eigenvalue weighted by atomic mass is 10.0. The molecule has 0 spiro atoms. The normalized spacial score (nSPS) is 24.0. The van der Waals surface area contributed by atoms with E-state index in [4.69, 9.17) is 21.7 Å². The SMILES string of the molecule is CCOC(=O)CN1C(=S)N[C@@H](c2ccccn2)[C@H]1c1cccn1C[C@@H]1CCCO1. The summed E-state index contributed by atoms with van der Waals surface area (Å²) in [6.07, 6.45) is 6.22. The molecular weight excluding hydrogens is 388 g/mol. The second-order valence-electron chi connectivity index (χ2n) is 7.28. The number of carbonyl (C=O) groups excluding carboxylic acids is 1. The summed E-state index contributed by atoms with van der Waals surface area (Å²) < 4.78 is 13.2. The minimum Gasteiger partial charge on any atom is -0.465 e. The predicted octanol–water partition coefficient (Wildman–Crippen LogP) is 2.60. The standard InChI is InChI=1S/C21H26N4O3S/c1-2-27-18(26)14-25-20(19(23-21(25)29)16-8-3-4-10-22-16)17-9-5-11-24(17)13-15-7-6-12-28-15/h3-5,8-11,15,19-20H,2,6-7,12-14H2,1H3,(H,23,29)/t15-,19-,20+/m0/s1. The third-order valence-corrected chi connectivity index (χ3v) is 5.75. The summed E-state index contributed by atoms with van der Waals surface area (Å²) in [5.41, 5.74) is 1.96. The molecule has 0 aliphatic carbocycles. The Morgan fingerprint density at radius 2 is 2.28 bits per heavy atom. The topological polar surface area (TPSA) is 68.6 Å². The molecule has 0 radical (unpaired) electrons. The van der Waals surface area contributed by atoms with Crippen molar-refractivity contribution < 1.29 is 14.3 Å². The van der Waals surface area contributed by atoms with Crippen molar-refractivity contribution in [1.82, 2.24) is 19.8 Å². The van der Waals surface area contributed by atoms with Gasteiger partial charge in [0, 0.05) is 31.2 Å². The van der Waals surface area contributed by atoms with E-state index in [-0.39, 0.29) is 30.7 Å². The van der Waals surface area contributed by atoms with Gasteiger partial charge in [0.05, 0.1) is 30.5 Å². The lowest BCUT2D eigenvalue weighted by Crippen LogP contribution is -2.36. The van der Waals surface area contributed by atoms with Crippen molar-refractivity contribution in [3.05, 3.63) is 54.1 Å². The maximum absolute atomic E-state index is 12.3. The Bertz CT molecular complexity index is 851. The molecule has 2 aromatic heterocycles. The maximum Gasteiger partial charge on any atom is 0.325 e. The highest BCUT2D eigenvalue weighted by Crippen LogP contribution is 2.38. The number of hydrogen-bond acceptors (Lipinski definition) is 5. The number of hydrogen-bond donors (Lipinski definition) is 1. The molecule has 4 rings (SSSR count). The molecule has 2 aromatic rings. The summed E-state index contributed by atoms with van der Waals surface area (Å²) in [4.78, 5) is 18.7. The van der Waals surface area contributed by atoms with Gasteiger partial charge in [-0.05, 0) is 56.2 Å². The third-order valence-electron chi connectivity index (χ3n) is 5.39. The van der Waals surface area contributed by atoms with E-state index >= 15 is 0 Å². The number of esters is 1. The highest BCUT2D eigenvalue weighted by molar-refractivity contribution is 7.80. The van der Waals surface area contributed by atoms with Gasteiger partial charge in [0.2, 0.25) is 0 Å². The van der Waals surface area contributed by atoms with Crippen LogP contribution < -0.4 is 5.32 Å². The first kappa shape index (κ1) is 19.8. The number of thiocarbonyl (C=S) groups is 1. The number of aromatic nitrogens is 2. The Kier molecular flexibility index (Phi) is 6.10. The van der Waals surface area contributed by atoms with Gasteiger partial charge in [-0.2, -0.15) is 0 Å². The number of rotatable bonds is 7. The lowest BCUT2D eigenvalue weighted by Gasteiger charge is -2.28. The molecule has 29 heavy (non-hydrogen) atoms. The third kappa shape index (κ3) is 4.28. The summed E-state index contributed by atoms with van der Waals surface area (Å²) in [6.45, 7) is 3.85. The highest BCUT2D eigenvalue weighted by Gasteiger charge is 2.42. The Labute approximate surface area is 176 Å². The van der Waals surface area contributed by atoms with Crippen molar-refractivity contribution in [1.29, 1.82) is 0 Å². The molecule has 1 N–H and O–H groups in total. The smallest absolute Gasteiger partial charge is 0.325 e. The Hall–Kier alpha value is -2.45. The van der Waals surface area contributed by atoms with Gasteiger partial charge in [0.15, 0.2) is 5.11 Å². The Morgan fingerprint density at radius 1 is 1.38 bits per heavy atom. The fourth-order valence-electron chi connectivity index (χ4n) is 4.11. The van der Waals surface area contributed by atoms with Crippen LogP contribution in [0.5, 0.6) is 0 Å². The van der Waals surface area contributed by atoms with Gasteiger partial charge in [0.25, 0.3) is 0 Å². The monoisotopic (exact) mass is 414 g/mol. The summed E-state index contributed by atoms with van der Waals surface area (Å²) in [5.74, 6) is -0.291. The molecule has 2 fully saturated rings. The molecule has 0 bridgehead atoms. The molecule has 0 saturated carbocycles. The molecule has 0 amide bonds. The molecule has 3 atom stereocenters. The van der Waals surface area contributed by atoms with E-state index in [0.29, 0.717) is 11.7 Å². The molecule has 2 aliphatic heterocycles. The molecule has 4 heterocycles. The summed E-state index contributed by atoms with van der Waals surface area (Å²) >= 11 is 5.60. The minimum absolute atomic E-state index is 0.0960. The first-order valence-corrected chi connectivity index (χ1v) is 10.5. The van der Waals surface area contributed by atoms with Crippen LogP contribution in [0.3, 0.4) is 0 Å². The van der Waals surface area contributed by atoms with Crippen LogP contribution in [0.2, 0.25) is 0 Å². The van der Waals surface area contributed by atoms with Gasteiger partial charge in [0.1, 0.15) is 6.54 Å². The molecule has 2 saturated heterocycles. The van der Waals surface area contributed by atoms with Crippen molar-refractivity contribution in [3.63, 3.8) is 0 Å². The number of nitrogens with one attached hydrogen (secondary N) is 1. The van der Waals surface area contributed by atoms with Crippen LogP contribution in [-0.2, 0) is 20.8 Å². The van der Waals surface area contributed by atoms with E-state index in [1.807, 2.05) is 29.2 Å². The summed E-state index contributed by atoms with van der Waals surface area (Å²) in [5, 5.41) is 3.90. The largest absolute Gasteiger partial charge is 0.465 e. The van der Waals surface area contributed by atoms with E-state index in [0.717, 1.165) is 37.4 Å². The first-order chi connectivity index (χ1) is 14.2. The molecular formula is C21H26N4O3S. The molecule has 154 valence electrons. The molecule has 0 unspecified atom stereocenters. The van der Waals surface area contributed by atoms with Crippen LogP contribution in [0, 0.1) is 0 Å². The van der Waals surface area contributed by atoms with Crippen LogP contribution in [0.1, 0.15) is 43.2 Å². The van der Waals surface area contributed by atoms with Crippen LogP contribution >= 0.6 is 12.2 Å². The minimum atomic E-state index is -0.291. The van der Waals surface area contributed by atoms with Gasteiger partial charge in [-0.25, -0.2) is 0 Å². The van der Waals surface area contributed by atoms with Gasteiger partial charge < -0.3 is 24.3 Å². The fraction of sp³-hybridized carbons (Fsp3) is 0.476. The van der Waals surface area contributed by atoms with Gasteiger partial charge in [-0.1, -0.05) is 6.07 Å². The van der Waals surface area contributed by atoms with Crippen molar-refractivity contribution in [2.75, 3.05) is 19.8 Å². The molecule has 2 aliphatic rings. The maximum atomic E-state index is 12.3. The van der Waals surface area contributed by atoms with Crippen molar-refractivity contribution in [3.8, 4) is 0 Å². The second kappa shape index (κ2) is 8.92. The number of pyridine rings is 1. The van der Waals surface area contributed by atoms with Crippen LogP contribution in [-0.4, -0.2) is 51.4 Å². The fourth-order valence-corrected chi connectivity index (χ4v) is 4.42. The summed E-state index contributed by atoms with van der Waals surface area (Å²) in [6, 6.07) is 9.63. The van der Waals surface area contributed by atoms with Gasteiger partial charge in [-0.3, -0.25) is 9.78 Å². The first-order valence-electron chi connectivity index (χ1n) is 10.1. The van der Waals surface area contributed by atoms with Crippen LogP contribution in [0.25, 0.3) is 0 Å². The van der Waals surface area contributed by atoms with Crippen LogP contribution in [0.15, 0.2) is 42.7 Å². The second-order valence-corrected chi connectivity index (χ2v) is 7.67. The number of nitrogens with zero attached hydrogens (tertiary/aromatic N) is 3. The quantitative estimate of drug-likeness (QED) is 0.552. The van der Waals surface area contributed by atoms with E-state index in [2.05, 4.69) is 27.1 Å². The van der Waals surface area contributed by atoms with E-state index in [1.54, 1.807) is 13.1 Å². The molecule has 0 aromatic carbocycles. The van der Waals surface area contributed by atoms with E-state index < -0.39 is 0 Å². The van der Waals surface area contributed by atoms with E-state index in [1.165, 1.54) is 0 Å². The van der Waals surface area contributed by atoms with Crippen LogP contribution in [0.4, 0.5) is 0 Å². The zero-order valence-corrected chi connectivity index (χ0v) is 17.3. The molecule has 7 nitrogen and oxygen atoms in total. The number of carbonyl (C=O) groups is 1. The van der Waals surface area contributed by atoms with Crippen molar-refractivity contribution in [2.24, 2.45) is 0 Å². The van der Waals surface area contributed by atoms with E-state index in [9.17, 15) is 4.79 Å². The number of ether oxygens (including phenoxy) is 2. The zero-order chi connectivity index (χ0) is 20.2. The predicted molar refractivity (Wildman–Crippen MR) is 112 cm³/mol. The average Bonchev–Trinajstić information content (AvgIpc) is 3.45. The van der Waals surface area contributed by atoms with Gasteiger partial charge in [-0.15, -0.1) is 0 Å².